The average Bonchev–Trinajstić information content (AvgIpc) is 2.67. The SMILES string of the molecule is CCC(=O)C1C2CCCCC2CN1C(C)C. The molecule has 0 aromatic carbocycles. The molecule has 1 saturated heterocycles. The van der Waals surface area contributed by atoms with Crippen molar-refractivity contribution in [2.24, 2.45) is 11.8 Å². The number of likely N-dealkylation sites (tertiary alicyclic amines) is 1. The molecule has 2 rings (SSSR count). The lowest BCUT2D eigenvalue weighted by Gasteiger charge is -2.31. The van der Waals surface area contributed by atoms with Crippen LogP contribution in [0, 0.1) is 11.8 Å². The first kappa shape index (κ1) is 12.1. The van der Waals surface area contributed by atoms with Crippen molar-refractivity contribution in [1.82, 2.24) is 4.90 Å². The number of nitrogens with zero attached hydrogens (tertiary/aromatic N) is 1. The van der Waals surface area contributed by atoms with E-state index < -0.39 is 0 Å². The van der Waals surface area contributed by atoms with Crippen molar-refractivity contribution in [1.29, 1.82) is 0 Å². The molecular weight excluding hydrogens is 198 g/mol. The molecule has 2 aliphatic rings. The molecule has 2 nitrogen and oxygen atoms in total. The van der Waals surface area contributed by atoms with E-state index in [0.29, 0.717) is 24.2 Å². The third-order valence-corrected chi connectivity index (χ3v) is 4.52. The molecule has 1 aliphatic carbocycles. The van der Waals surface area contributed by atoms with Gasteiger partial charge < -0.3 is 0 Å². The molecule has 2 heteroatoms. The van der Waals surface area contributed by atoms with E-state index in [1.54, 1.807) is 0 Å². The number of Topliss-reactive ketones (excluding diaryl/α,β-unsaturated/α-hetero) is 1. The Morgan fingerprint density at radius 1 is 1.31 bits per heavy atom. The maximum atomic E-state index is 12.1. The quantitative estimate of drug-likeness (QED) is 0.733. The minimum Gasteiger partial charge on any atom is -0.298 e. The van der Waals surface area contributed by atoms with E-state index in [4.69, 9.17) is 0 Å². The van der Waals surface area contributed by atoms with Gasteiger partial charge in [0.1, 0.15) is 5.78 Å². The molecule has 0 bridgehead atoms. The van der Waals surface area contributed by atoms with Gasteiger partial charge in [-0.25, -0.2) is 0 Å². The fraction of sp³-hybridized carbons (Fsp3) is 0.929. The van der Waals surface area contributed by atoms with Crippen LogP contribution in [0.25, 0.3) is 0 Å². The second kappa shape index (κ2) is 4.87. The number of hydrogen-bond donors (Lipinski definition) is 0. The van der Waals surface area contributed by atoms with Crippen LogP contribution in [-0.2, 0) is 4.79 Å². The number of hydrogen-bond acceptors (Lipinski definition) is 2. The Labute approximate surface area is 99.4 Å². The molecule has 0 aromatic heterocycles. The van der Waals surface area contributed by atoms with Gasteiger partial charge in [-0.3, -0.25) is 9.69 Å². The minimum atomic E-state index is 0.246. The highest BCUT2D eigenvalue weighted by Gasteiger charge is 2.45. The van der Waals surface area contributed by atoms with Crippen LogP contribution in [0.4, 0.5) is 0 Å². The maximum absolute atomic E-state index is 12.1. The third kappa shape index (κ3) is 2.04. The zero-order chi connectivity index (χ0) is 11.7. The van der Waals surface area contributed by atoms with Crippen LogP contribution < -0.4 is 0 Å². The summed E-state index contributed by atoms with van der Waals surface area (Å²) in [5.74, 6) is 1.95. The summed E-state index contributed by atoms with van der Waals surface area (Å²) < 4.78 is 0. The minimum absolute atomic E-state index is 0.246. The fourth-order valence-corrected chi connectivity index (χ4v) is 3.67. The predicted octanol–water partition coefficient (Wildman–Crippen LogP) is 2.86. The van der Waals surface area contributed by atoms with E-state index in [1.165, 1.54) is 32.2 Å². The van der Waals surface area contributed by atoms with Gasteiger partial charge in [-0.1, -0.05) is 19.8 Å². The van der Waals surface area contributed by atoms with Gasteiger partial charge >= 0.3 is 0 Å². The molecule has 2 fully saturated rings. The Morgan fingerprint density at radius 2 is 2.00 bits per heavy atom. The predicted molar refractivity (Wildman–Crippen MR) is 66.4 cm³/mol. The van der Waals surface area contributed by atoms with Crippen LogP contribution in [0.3, 0.4) is 0 Å². The Hall–Kier alpha value is -0.370. The van der Waals surface area contributed by atoms with Gasteiger partial charge in [0.2, 0.25) is 0 Å². The fourth-order valence-electron chi connectivity index (χ4n) is 3.67. The van der Waals surface area contributed by atoms with Crippen molar-refractivity contribution >= 4 is 5.78 Å². The number of carbonyl (C=O) groups excluding carboxylic acids is 1. The van der Waals surface area contributed by atoms with E-state index in [9.17, 15) is 4.79 Å². The lowest BCUT2D eigenvalue weighted by atomic mass is 9.77. The van der Waals surface area contributed by atoms with Crippen LogP contribution in [0.2, 0.25) is 0 Å². The van der Waals surface area contributed by atoms with Crippen molar-refractivity contribution in [2.75, 3.05) is 6.54 Å². The molecule has 0 N–H and O–H groups in total. The van der Waals surface area contributed by atoms with E-state index >= 15 is 0 Å². The number of ketones is 1. The molecule has 0 spiro atoms. The first-order valence-corrected chi connectivity index (χ1v) is 6.93. The monoisotopic (exact) mass is 223 g/mol. The molecule has 0 amide bonds. The second-order valence-corrected chi connectivity index (χ2v) is 5.76. The Bertz CT molecular complexity index is 259. The number of rotatable bonds is 3. The molecule has 1 saturated carbocycles. The topological polar surface area (TPSA) is 20.3 Å². The maximum Gasteiger partial charge on any atom is 0.149 e. The Morgan fingerprint density at radius 3 is 2.62 bits per heavy atom. The van der Waals surface area contributed by atoms with Crippen molar-refractivity contribution in [3.63, 3.8) is 0 Å². The summed E-state index contributed by atoms with van der Waals surface area (Å²) in [5.41, 5.74) is 0. The van der Waals surface area contributed by atoms with Gasteiger partial charge in [0.25, 0.3) is 0 Å². The van der Waals surface area contributed by atoms with Gasteiger partial charge in [0.05, 0.1) is 6.04 Å². The van der Waals surface area contributed by atoms with Crippen molar-refractivity contribution in [3.05, 3.63) is 0 Å². The largest absolute Gasteiger partial charge is 0.298 e. The van der Waals surface area contributed by atoms with Gasteiger partial charge in [0.15, 0.2) is 0 Å². The van der Waals surface area contributed by atoms with E-state index in [2.05, 4.69) is 18.7 Å². The Kier molecular flexibility index (Phi) is 3.68. The van der Waals surface area contributed by atoms with E-state index in [0.717, 1.165) is 5.92 Å². The third-order valence-electron chi connectivity index (χ3n) is 4.52. The number of carbonyl (C=O) groups is 1. The Balaban J connectivity index is 2.17. The molecule has 0 radical (unpaired) electrons. The summed E-state index contributed by atoms with van der Waals surface area (Å²) in [6.45, 7) is 7.64. The lowest BCUT2D eigenvalue weighted by molar-refractivity contribution is -0.125. The molecule has 3 atom stereocenters. The molecule has 1 aliphatic heterocycles. The lowest BCUT2D eigenvalue weighted by Crippen LogP contribution is -2.43. The number of fused-ring (bicyclic) bond motifs is 1. The smallest absolute Gasteiger partial charge is 0.149 e. The van der Waals surface area contributed by atoms with Crippen molar-refractivity contribution in [3.8, 4) is 0 Å². The molecule has 16 heavy (non-hydrogen) atoms. The van der Waals surface area contributed by atoms with Gasteiger partial charge in [0, 0.05) is 19.0 Å². The summed E-state index contributed by atoms with van der Waals surface area (Å²) in [4.78, 5) is 14.6. The van der Waals surface area contributed by atoms with Gasteiger partial charge in [-0.05, 0) is 38.5 Å². The molecular formula is C14H25NO. The molecule has 3 unspecified atom stereocenters. The molecule has 0 aromatic rings. The summed E-state index contributed by atoms with van der Waals surface area (Å²) >= 11 is 0. The van der Waals surface area contributed by atoms with Gasteiger partial charge in [-0.2, -0.15) is 0 Å². The highest BCUT2D eigenvalue weighted by atomic mass is 16.1. The summed E-state index contributed by atoms with van der Waals surface area (Å²) in [6, 6.07) is 0.765. The first-order valence-electron chi connectivity index (χ1n) is 6.93. The van der Waals surface area contributed by atoms with E-state index in [-0.39, 0.29) is 6.04 Å². The van der Waals surface area contributed by atoms with E-state index in [1.807, 2.05) is 6.92 Å². The van der Waals surface area contributed by atoms with Crippen LogP contribution in [0.15, 0.2) is 0 Å². The molecule has 92 valence electrons. The van der Waals surface area contributed by atoms with Crippen molar-refractivity contribution in [2.45, 2.75) is 65.0 Å². The normalized spacial score (nSPS) is 35.4. The zero-order valence-electron chi connectivity index (χ0n) is 10.9. The first-order chi connectivity index (χ1) is 7.65. The summed E-state index contributed by atoms with van der Waals surface area (Å²) in [5, 5.41) is 0. The van der Waals surface area contributed by atoms with Crippen LogP contribution in [0.1, 0.15) is 52.9 Å². The highest BCUT2D eigenvalue weighted by Crippen LogP contribution is 2.41. The highest BCUT2D eigenvalue weighted by molar-refractivity contribution is 5.84. The van der Waals surface area contributed by atoms with Crippen LogP contribution in [0.5, 0.6) is 0 Å². The molecule has 1 heterocycles. The second-order valence-electron chi connectivity index (χ2n) is 5.76. The van der Waals surface area contributed by atoms with Crippen molar-refractivity contribution < 1.29 is 4.79 Å². The standard InChI is InChI=1S/C14H25NO/c1-4-13(16)14-12-8-6-5-7-11(12)9-15(14)10(2)3/h10-12,14H,4-9H2,1-3H3. The van der Waals surface area contributed by atoms with Gasteiger partial charge in [-0.15, -0.1) is 0 Å². The summed E-state index contributed by atoms with van der Waals surface area (Å²) in [7, 11) is 0. The van der Waals surface area contributed by atoms with Crippen LogP contribution in [-0.4, -0.2) is 29.3 Å². The average molecular weight is 223 g/mol. The zero-order valence-corrected chi connectivity index (χ0v) is 10.9. The summed E-state index contributed by atoms with van der Waals surface area (Å²) in [6.07, 6.45) is 6.05. The van der Waals surface area contributed by atoms with Crippen LogP contribution >= 0.6 is 0 Å².